The van der Waals surface area contributed by atoms with Crippen LogP contribution in [-0.2, 0) is 14.8 Å². The zero-order chi connectivity index (χ0) is 12.8. The van der Waals surface area contributed by atoms with E-state index in [4.69, 9.17) is 5.11 Å². The summed E-state index contributed by atoms with van der Waals surface area (Å²) >= 11 is 0. The van der Waals surface area contributed by atoms with E-state index in [9.17, 15) is 13.2 Å². The zero-order valence-corrected chi connectivity index (χ0v) is 10.5. The van der Waals surface area contributed by atoms with E-state index in [1.807, 2.05) is 6.92 Å². The van der Waals surface area contributed by atoms with Gasteiger partial charge in [0.25, 0.3) is 0 Å². The smallest absolute Gasteiger partial charge is 0.321 e. The minimum Gasteiger partial charge on any atom is -0.480 e. The minimum absolute atomic E-state index is 0.233. The number of unbranched alkanes of at least 4 members (excludes halogenated alkanes) is 1. The monoisotopic (exact) mass is 249 g/mol. The summed E-state index contributed by atoms with van der Waals surface area (Å²) in [4.78, 5) is 10.8. The third kappa shape index (κ3) is 6.58. The number of hydrogen-bond donors (Lipinski definition) is 2. The van der Waals surface area contributed by atoms with Crippen molar-refractivity contribution in [3.63, 3.8) is 0 Å². The summed E-state index contributed by atoms with van der Waals surface area (Å²) in [5.41, 5.74) is 0.479. The van der Waals surface area contributed by atoms with Gasteiger partial charge in [-0.15, -0.1) is 0 Å². The van der Waals surface area contributed by atoms with Gasteiger partial charge < -0.3 is 5.11 Å². The molecule has 16 heavy (non-hydrogen) atoms. The Balaban J connectivity index is 4.50. The molecule has 0 aliphatic heterocycles. The molecule has 0 aromatic heterocycles. The van der Waals surface area contributed by atoms with Gasteiger partial charge in [0.2, 0.25) is 10.0 Å². The summed E-state index contributed by atoms with van der Waals surface area (Å²) in [6.07, 6.45) is 1.81. The number of sulfonamides is 1. The van der Waals surface area contributed by atoms with E-state index < -0.39 is 22.0 Å². The van der Waals surface area contributed by atoms with Crippen LogP contribution in [0, 0.1) is 0 Å². The average molecular weight is 249 g/mol. The van der Waals surface area contributed by atoms with E-state index >= 15 is 0 Å². The molecule has 1 atom stereocenters. The van der Waals surface area contributed by atoms with Gasteiger partial charge in [0.15, 0.2) is 0 Å². The zero-order valence-electron chi connectivity index (χ0n) is 9.69. The van der Waals surface area contributed by atoms with Crippen molar-refractivity contribution >= 4 is 16.0 Å². The fraction of sp³-hybridized carbons (Fsp3) is 0.700. The van der Waals surface area contributed by atoms with Gasteiger partial charge in [0, 0.05) is 0 Å². The maximum atomic E-state index is 11.5. The summed E-state index contributed by atoms with van der Waals surface area (Å²) in [7, 11) is -3.59. The van der Waals surface area contributed by atoms with Crippen LogP contribution in [0.4, 0.5) is 0 Å². The molecule has 0 bridgehead atoms. The van der Waals surface area contributed by atoms with E-state index in [1.54, 1.807) is 6.92 Å². The van der Waals surface area contributed by atoms with Crippen molar-refractivity contribution < 1.29 is 18.3 Å². The van der Waals surface area contributed by atoms with E-state index in [-0.39, 0.29) is 5.75 Å². The predicted molar refractivity (Wildman–Crippen MR) is 62.7 cm³/mol. The Morgan fingerprint density at radius 3 is 2.44 bits per heavy atom. The van der Waals surface area contributed by atoms with Gasteiger partial charge in [-0.3, -0.25) is 4.79 Å². The van der Waals surface area contributed by atoms with Crippen LogP contribution < -0.4 is 4.72 Å². The topological polar surface area (TPSA) is 83.5 Å². The molecule has 5 nitrogen and oxygen atoms in total. The molecule has 0 amide bonds. The fourth-order valence-corrected chi connectivity index (χ4v) is 2.61. The lowest BCUT2D eigenvalue weighted by Crippen LogP contribution is -2.41. The van der Waals surface area contributed by atoms with Gasteiger partial charge >= 0.3 is 5.97 Å². The first-order chi connectivity index (χ1) is 7.28. The van der Waals surface area contributed by atoms with Crippen molar-refractivity contribution in [2.24, 2.45) is 0 Å². The Labute approximate surface area is 96.6 Å². The maximum Gasteiger partial charge on any atom is 0.321 e. The molecule has 0 saturated carbocycles. The number of carbonyl (C=O) groups is 1. The molecule has 0 rings (SSSR count). The van der Waals surface area contributed by atoms with Crippen molar-refractivity contribution in [2.75, 3.05) is 5.75 Å². The largest absolute Gasteiger partial charge is 0.480 e. The lowest BCUT2D eigenvalue weighted by Gasteiger charge is -2.14. The first-order valence-corrected chi connectivity index (χ1v) is 6.81. The normalized spacial score (nSPS) is 13.4. The molecule has 0 spiro atoms. The molecule has 0 saturated heterocycles. The van der Waals surface area contributed by atoms with Gasteiger partial charge in [-0.05, 0) is 13.3 Å². The van der Waals surface area contributed by atoms with Crippen LogP contribution in [0.5, 0.6) is 0 Å². The molecule has 6 heteroatoms. The second-order valence-corrected chi connectivity index (χ2v) is 5.62. The molecule has 0 aliphatic carbocycles. The average Bonchev–Trinajstić information content (AvgIpc) is 2.09. The van der Waals surface area contributed by atoms with Crippen LogP contribution in [0.25, 0.3) is 0 Å². The molecule has 2 N–H and O–H groups in total. The molecule has 0 radical (unpaired) electrons. The van der Waals surface area contributed by atoms with Gasteiger partial charge in [0.05, 0.1) is 5.75 Å². The van der Waals surface area contributed by atoms with Crippen molar-refractivity contribution in [2.45, 2.75) is 39.2 Å². The highest BCUT2D eigenvalue weighted by molar-refractivity contribution is 7.89. The summed E-state index contributed by atoms with van der Waals surface area (Å²) < 4.78 is 25.1. The van der Waals surface area contributed by atoms with Gasteiger partial charge in [-0.25, -0.2) is 13.1 Å². The van der Waals surface area contributed by atoms with Crippen LogP contribution in [0.1, 0.15) is 33.1 Å². The van der Waals surface area contributed by atoms with Gasteiger partial charge in [-0.1, -0.05) is 31.9 Å². The predicted octanol–water partition coefficient (Wildman–Crippen LogP) is 1.13. The summed E-state index contributed by atoms with van der Waals surface area (Å²) in [5.74, 6) is -1.37. The van der Waals surface area contributed by atoms with Crippen molar-refractivity contribution in [3.8, 4) is 0 Å². The van der Waals surface area contributed by atoms with Crippen LogP contribution in [0.15, 0.2) is 12.2 Å². The number of carboxylic acids is 1. The van der Waals surface area contributed by atoms with Gasteiger partial charge in [0.1, 0.15) is 6.04 Å². The molecule has 0 aromatic carbocycles. The fourth-order valence-electron chi connectivity index (χ4n) is 1.22. The minimum atomic E-state index is -3.59. The molecular formula is C10H19NO4S. The quantitative estimate of drug-likeness (QED) is 0.631. The number of hydrogen-bond acceptors (Lipinski definition) is 3. The number of rotatable bonds is 8. The Morgan fingerprint density at radius 1 is 1.50 bits per heavy atom. The molecule has 94 valence electrons. The Morgan fingerprint density at radius 2 is 2.06 bits per heavy atom. The van der Waals surface area contributed by atoms with Crippen LogP contribution in [0.2, 0.25) is 0 Å². The lowest BCUT2D eigenvalue weighted by molar-refractivity contribution is -0.139. The maximum absolute atomic E-state index is 11.5. The highest BCUT2D eigenvalue weighted by atomic mass is 32.2. The summed E-state index contributed by atoms with van der Waals surface area (Å²) in [5, 5.41) is 8.85. The molecule has 0 aliphatic rings. The second-order valence-electron chi connectivity index (χ2n) is 3.87. The third-order valence-corrected chi connectivity index (χ3v) is 3.42. The summed E-state index contributed by atoms with van der Waals surface area (Å²) in [6, 6.07) is -1.04. The first kappa shape index (κ1) is 15.1. The number of carboxylic acid groups (broad SMARTS) is 1. The number of aliphatic carboxylic acids is 1. The second kappa shape index (κ2) is 6.65. The third-order valence-electron chi connectivity index (χ3n) is 1.90. The highest BCUT2D eigenvalue weighted by Gasteiger charge is 2.23. The van der Waals surface area contributed by atoms with Crippen molar-refractivity contribution in [1.82, 2.24) is 4.72 Å². The Kier molecular flexibility index (Phi) is 6.28. The summed E-state index contributed by atoms with van der Waals surface area (Å²) in [6.45, 7) is 6.99. The molecular weight excluding hydrogens is 230 g/mol. The van der Waals surface area contributed by atoms with Gasteiger partial charge in [-0.2, -0.15) is 0 Å². The first-order valence-electron chi connectivity index (χ1n) is 5.15. The molecule has 0 aromatic rings. The SMILES string of the molecule is C=C(C)CS(=O)(=O)NC(CCCC)C(=O)O. The van der Waals surface area contributed by atoms with E-state index in [0.717, 1.165) is 6.42 Å². The molecule has 1 unspecified atom stereocenters. The van der Waals surface area contributed by atoms with E-state index in [0.29, 0.717) is 18.4 Å². The number of nitrogens with one attached hydrogen (secondary N) is 1. The van der Waals surface area contributed by atoms with Crippen molar-refractivity contribution in [3.05, 3.63) is 12.2 Å². The van der Waals surface area contributed by atoms with Crippen LogP contribution in [0.3, 0.4) is 0 Å². The Bertz CT molecular complexity index is 348. The highest BCUT2D eigenvalue weighted by Crippen LogP contribution is 2.04. The van der Waals surface area contributed by atoms with Crippen LogP contribution in [-0.4, -0.2) is 31.3 Å². The Hall–Kier alpha value is -0.880. The van der Waals surface area contributed by atoms with Crippen molar-refractivity contribution in [1.29, 1.82) is 0 Å². The van der Waals surface area contributed by atoms with Crippen LogP contribution >= 0.6 is 0 Å². The molecule has 0 fully saturated rings. The van der Waals surface area contributed by atoms with E-state index in [1.165, 1.54) is 0 Å². The lowest BCUT2D eigenvalue weighted by atomic mass is 10.1. The van der Waals surface area contributed by atoms with E-state index in [2.05, 4.69) is 11.3 Å². The molecule has 0 heterocycles. The standard InChI is InChI=1S/C10H19NO4S/c1-4-5-6-9(10(12)13)11-16(14,15)7-8(2)3/h9,11H,2,4-7H2,1,3H3,(H,12,13).